The van der Waals surface area contributed by atoms with Gasteiger partial charge in [0.05, 0.1) is 11.6 Å². The lowest BCUT2D eigenvalue weighted by Gasteiger charge is -2.25. The number of rotatable bonds is 4. The lowest BCUT2D eigenvalue weighted by Crippen LogP contribution is -2.36. The molecule has 2 rings (SSSR count). The fraction of sp³-hybridized carbons (Fsp3) is 0.545. The van der Waals surface area contributed by atoms with E-state index in [1.165, 1.54) is 4.90 Å². The molecule has 6 heteroatoms. The van der Waals surface area contributed by atoms with Crippen LogP contribution in [-0.2, 0) is 5.88 Å². The van der Waals surface area contributed by atoms with E-state index in [0.29, 0.717) is 11.5 Å². The van der Waals surface area contributed by atoms with Crippen LogP contribution in [0.4, 0.5) is 19.0 Å². The Bertz CT molecular complexity index is 391. The first-order valence-electron chi connectivity index (χ1n) is 5.35. The summed E-state index contributed by atoms with van der Waals surface area (Å²) in [5.74, 6) is 0.571. The van der Waals surface area contributed by atoms with E-state index in [4.69, 9.17) is 11.6 Å². The molecular weight excluding hydrogens is 253 g/mol. The van der Waals surface area contributed by atoms with Crippen LogP contribution >= 0.6 is 11.6 Å². The molecule has 0 N–H and O–H groups in total. The molecule has 0 aromatic carbocycles. The normalized spacial score (nSPS) is 16.0. The second-order valence-electron chi connectivity index (χ2n) is 4.10. The minimum atomic E-state index is -4.21. The van der Waals surface area contributed by atoms with Gasteiger partial charge in [0.25, 0.3) is 0 Å². The summed E-state index contributed by atoms with van der Waals surface area (Å²) >= 11 is 5.63. The van der Waals surface area contributed by atoms with Crippen molar-refractivity contribution in [1.29, 1.82) is 0 Å². The van der Waals surface area contributed by atoms with Gasteiger partial charge in [-0.15, -0.1) is 11.6 Å². The van der Waals surface area contributed by atoms with Gasteiger partial charge in [0, 0.05) is 6.04 Å². The Hall–Kier alpha value is -0.970. The molecule has 1 heterocycles. The van der Waals surface area contributed by atoms with Crippen molar-refractivity contribution in [2.45, 2.75) is 30.9 Å². The number of nitrogens with zero attached hydrogens (tertiary/aromatic N) is 2. The Morgan fingerprint density at radius 1 is 1.35 bits per heavy atom. The Balaban J connectivity index is 2.19. The molecule has 0 saturated heterocycles. The molecular formula is C11H12ClF3N2. The highest BCUT2D eigenvalue weighted by molar-refractivity contribution is 6.16. The Morgan fingerprint density at radius 3 is 2.59 bits per heavy atom. The summed E-state index contributed by atoms with van der Waals surface area (Å²) in [4.78, 5) is 5.45. The van der Waals surface area contributed by atoms with Crippen LogP contribution in [0.2, 0.25) is 0 Å². The van der Waals surface area contributed by atoms with Crippen LogP contribution in [-0.4, -0.2) is 23.7 Å². The van der Waals surface area contributed by atoms with Gasteiger partial charge in [0.2, 0.25) is 0 Å². The summed E-state index contributed by atoms with van der Waals surface area (Å²) in [6.45, 7) is -0.948. The van der Waals surface area contributed by atoms with Crippen LogP contribution in [0, 0.1) is 0 Å². The number of hydrogen-bond donors (Lipinski definition) is 0. The van der Waals surface area contributed by atoms with Gasteiger partial charge in [-0.3, -0.25) is 0 Å². The SMILES string of the molecule is FC(F)(F)CN(c1cccc(CCl)n1)C1CC1. The van der Waals surface area contributed by atoms with Crippen LogP contribution in [0.25, 0.3) is 0 Å². The molecule has 1 aliphatic rings. The number of alkyl halides is 4. The summed E-state index contributed by atoms with van der Waals surface area (Å²) in [7, 11) is 0. The molecule has 1 aromatic heterocycles. The molecule has 0 atom stereocenters. The molecule has 94 valence electrons. The van der Waals surface area contributed by atoms with Crippen molar-refractivity contribution in [1.82, 2.24) is 4.98 Å². The van der Waals surface area contributed by atoms with Crippen LogP contribution in [0.15, 0.2) is 18.2 Å². The molecule has 0 bridgehead atoms. The summed E-state index contributed by atoms with van der Waals surface area (Å²) < 4.78 is 37.4. The standard InChI is InChI=1S/C11H12ClF3N2/c12-6-8-2-1-3-10(16-8)17(9-4-5-9)7-11(13,14)15/h1-3,9H,4-7H2. The van der Waals surface area contributed by atoms with Crippen LogP contribution in [0.5, 0.6) is 0 Å². The van der Waals surface area contributed by atoms with Gasteiger partial charge >= 0.3 is 6.18 Å². The third-order valence-corrected chi connectivity index (χ3v) is 2.83. The third kappa shape index (κ3) is 3.49. The minimum absolute atomic E-state index is 0.0327. The predicted octanol–water partition coefficient (Wildman–Crippen LogP) is 3.35. The molecule has 0 radical (unpaired) electrons. The molecule has 0 spiro atoms. The van der Waals surface area contributed by atoms with E-state index < -0.39 is 12.7 Å². The fourth-order valence-electron chi connectivity index (χ4n) is 1.68. The molecule has 1 saturated carbocycles. The van der Waals surface area contributed by atoms with Crippen molar-refractivity contribution in [2.75, 3.05) is 11.4 Å². The summed E-state index contributed by atoms with van der Waals surface area (Å²) in [5.41, 5.74) is 0.594. The van der Waals surface area contributed by atoms with Crippen molar-refractivity contribution in [3.63, 3.8) is 0 Å². The van der Waals surface area contributed by atoms with Gasteiger partial charge in [-0.1, -0.05) is 6.07 Å². The van der Waals surface area contributed by atoms with Crippen LogP contribution in [0.3, 0.4) is 0 Å². The highest BCUT2D eigenvalue weighted by Gasteiger charge is 2.38. The Morgan fingerprint density at radius 2 is 2.06 bits per heavy atom. The Labute approximate surface area is 102 Å². The molecule has 1 aromatic rings. The highest BCUT2D eigenvalue weighted by Crippen LogP contribution is 2.33. The van der Waals surface area contributed by atoms with E-state index in [2.05, 4.69) is 4.98 Å². The first kappa shape index (κ1) is 12.5. The van der Waals surface area contributed by atoms with Crippen molar-refractivity contribution in [2.24, 2.45) is 0 Å². The van der Waals surface area contributed by atoms with E-state index in [1.807, 2.05) is 0 Å². The molecule has 1 aliphatic carbocycles. The minimum Gasteiger partial charge on any atom is -0.345 e. The number of hydrogen-bond acceptors (Lipinski definition) is 2. The number of aromatic nitrogens is 1. The molecule has 0 unspecified atom stereocenters. The molecule has 2 nitrogen and oxygen atoms in total. The van der Waals surface area contributed by atoms with Crippen LogP contribution < -0.4 is 4.90 Å². The van der Waals surface area contributed by atoms with E-state index >= 15 is 0 Å². The molecule has 0 aliphatic heterocycles. The maximum Gasteiger partial charge on any atom is 0.405 e. The lowest BCUT2D eigenvalue weighted by atomic mass is 10.3. The van der Waals surface area contributed by atoms with Crippen LogP contribution in [0.1, 0.15) is 18.5 Å². The number of anilines is 1. The van der Waals surface area contributed by atoms with Gasteiger partial charge in [-0.2, -0.15) is 13.2 Å². The summed E-state index contributed by atoms with van der Waals surface area (Å²) in [5, 5.41) is 0. The van der Waals surface area contributed by atoms with Crippen molar-refractivity contribution in [3.8, 4) is 0 Å². The first-order valence-corrected chi connectivity index (χ1v) is 5.88. The zero-order valence-corrected chi connectivity index (χ0v) is 9.80. The van der Waals surface area contributed by atoms with Crippen molar-refractivity contribution < 1.29 is 13.2 Å². The van der Waals surface area contributed by atoms with E-state index in [-0.39, 0.29) is 11.9 Å². The van der Waals surface area contributed by atoms with Gasteiger partial charge in [-0.25, -0.2) is 4.98 Å². The first-order chi connectivity index (χ1) is 7.99. The topological polar surface area (TPSA) is 16.1 Å². The van der Waals surface area contributed by atoms with Crippen molar-refractivity contribution in [3.05, 3.63) is 23.9 Å². The van der Waals surface area contributed by atoms with Gasteiger partial charge < -0.3 is 4.90 Å². The fourth-order valence-corrected chi connectivity index (χ4v) is 1.83. The monoisotopic (exact) mass is 264 g/mol. The van der Waals surface area contributed by atoms with E-state index in [0.717, 1.165) is 12.8 Å². The lowest BCUT2D eigenvalue weighted by molar-refractivity contribution is -0.120. The van der Waals surface area contributed by atoms with Crippen molar-refractivity contribution >= 4 is 17.4 Å². The molecule has 0 amide bonds. The maximum atomic E-state index is 12.5. The average Bonchev–Trinajstić information content (AvgIpc) is 3.09. The van der Waals surface area contributed by atoms with E-state index in [9.17, 15) is 13.2 Å². The third-order valence-electron chi connectivity index (χ3n) is 2.56. The van der Waals surface area contributed by atoms with E-state index in [1.54, 1.807) is 18.2 Å². The Kier molecular flexibility index (Phi) is 3.47. The highest BCUT2D eigenvalue weighted by atomic mass is 35.5. The average molecular weight is 265 g/mol. The predicted molar refractivity (Wildman–Crippen MR) is 60.2 cm³/mol. The van der Waals surface area contributed by atoms with Gasteiger partial charge in [0.15, 0.2) is 0 Å². The molecule has 1 fully saturated rings. The smallest absolute Gasteiger partial charge is 0.345 e. The quantitative estimate of drug-likeness (QED) is 0.776. The van der Waals surface area contributed by atoms with Gasteiger partial charge in [0.1, 0.15) is 12.4 Å². The number of halogens is 4. The largest absolute Gasteiger partial charge is 0.405 e. The maximum absolute atomic E-state index is 12.5. The second kappa shape index (κ2) is 4.72. The number of pyridine rings is 1. The summed E-state index contributed by atoms with van der Waals surface area (Å²) in [6, 6.07) is 4.95. The summed E-state index contributed by atoms with van der Waals surface area (Å²) in [6.07, 6.45) is -2.62. The molecule has 17 heavy (non-hydrogen) atoms. The zero-order valence-electron chi connectivity index (χ0n) is 9.04. The zero-order chi connectivity index (χ0) is 12.5. The van der Waals surface area contributed by atoms with Gasteiger partial charge in [-0.05, 0) is 25.0 Å². The second-order valence-corrected chi connectivity index (χ2v) is 4.36.